The Morgan fingerprint density at radius 3 is 2.62 bits per heavy atom. The molecular weight excluding hydrogens is 348 g/mol. The molecule has 5 nitrogen and oxygen atoms in total. The first-order chi connectivity index (χ1) is 12.4. The Kier molecular flexibility index (Phi) is 6.97. The van der Waals surface area contributed by atoms with Crippen LogP contribution >= 0.6 is 12.2 Å². The topological polar surface area (TPSA) is 59.6 Å². The molecule has 1 atom stereocenters. The van der Waals surface area contributed by atoms with Gasteiger partial charge in [-0.2, -0.15) is 0 Å². The lowest BCUT2D eigenvalue weighted by atomic mass is 10.1. The summed E-state index contributed by atoms with van der Waals surface area (Å²) in [7, 11) is 1.35. The number of benzene rings is 2. The normalized spacial score (nSPS) is 11.4. The zero-order valence-corrected chi connectivity index (χ0v) is 16.3. The molecule has 2 aromatic carbocycles. The van der Waals surface area contributed by atoms with Gasteiger partial charge in [-0.3, -0.25) is 0 Å². The van der Waals surface area contributed by atoms with Gasteiger partial charge in [0.25, 0.3) is 0 Å². The number of hydrogen-bond acceptors (Lipinski definition) is 4. The summed E-state index contributed by atoms with van der Waals surface area (Å²) in [6.07, 6.45) is 0. The molecule has 0 saturated carbocycles. The lowest BCUT2D eigenvalue weighted by Crippen LogP contribution is -2.39. The fourth-order valence-electron chi connectivity index (χ4n) is 2.30. The van der Waals surface area contributed by atoms with Crippen LogP contribution in [0.5, 0.6) is 5.75 Å². The molecule has 0 radical (unpaired) electrons. The first-order valence-electron chi connectivity index (χ1n) is 8.35. The van der Waals surface area contributed by atoms with Crippen molar-refractivity contribution < 1.29 is 14.3 Å². The van der Waals surface area contributed by atoms with Gasteiger partial charge in [0, 0.05) is 5.69 Å². The fourth-order valence-corrected chi connectivity index (χ4v) is 2.62. The number of rotatable bonds is 6. The molecule has 2 N–H and O–H groups in total. The molecule has 0 aliphatic carbocycles. The Hall–Kier alpha value is -2.60. The maximum atomic E-state index is 11.6. The third-order valence-corrected chi connectivity index (χ3v) is 4.12. The van der Waals surface area contributed by atoms with E-state index in [4.69, 9.17) is 21.7 Å². The van der Waals surface area contributed by atoms with Crippen LogP contribution in [-0.4, -0.2) is 30.8 Å². The number of carbonyl (C=O) groups is 1. The van der Waals surface area contributed by atoms with Gasteiger partial charge in [-0.25, -0.2) is 4.79 Å². The summed E-state index contributed by atoms with van der Waals surface area (Å²) in [4.78, 5) is 11.6. The Balaban J connectivity index is 1.85. The van der Waals surface area contributed by atoms with Gasteiger partial charge >= 0.3 is 5.97 Å². The van der Waals surface area contributed by atoms with E-state index in [2.05, 4.69) is 24.5 Å². The maximum absolute atomic E-state index is 11.6. The molecule has 2 rings (SSSR count). The van der Waals surface area contributed by atoms with Crippen LogP contribution in [0.15, 0.2) is 42.5 Å². The highest BCUT2D eigenvalue weighted by Crippen LogP contribution is 2.16. The van der Waals surface area contributed by atoms with Crippen molar-refractivity contribution in [3.8, 4) is 5.75 Å². The largest absolute Gasteiger partial charge is 0.491 e. The van der Waals surface area contributed by atoms with Crippen LogP contribution in [0.2, 0.25) is 0 Å². The van der Waals surface area contributed by atoms with Gasteiger partial charge in [0.1, 0.15) is 12.4 Å². The van der Waals surface area contributed by atoms with Gasteiger partial charge in [0.15, 0.2) is 5.11 Å². The maximum Gasteiger partial charge on any atom is 0.337 e. The number of ether oxygens (including phenoxy) is 2. The molecule has 0 unspecified atom stereocenters. The highest BCUT2D eigenvalue weighted by molar-refractivity contribution is 7.80. The second-order valence-electron chi connectivity index (χ2n) is 6.13. The molecular formula is C20H24N2O3S. The Labute approximate surface area is 159 Å². The molecule has 6 heteroatoms. The summed E-state index contributed by atoms with van der Waals surface area (Å²) in [5.41, 5.74) is 3.62. The molecule has 0 aromatic heterocycles. The second kappa shape index (κ2) is 9.20. The van der Waals surface area contributed by atoms with Gasteiger partial charge in [0.2, 0.25) is 0 Å². The second-order valence-corrected chi connectivity index (χ2v) is 6.54. The van der Waals surface area contributed by atoms with Crippen molar-refractivity contribution in [3.63, 3.8) is 0 Å². The quantitative estimate of drug-likeness (QED) is 0.593. The van der Waals surface area contributed by atoms with E-state index < -0.39 is 0 Å². The lowest BCUT2D eigenvalue weighted by molar-refractivity contribution is 0.0601. The number of hydrogen-bond donors (Lipinski definition) is 2. The van der Waals surface area contributed by atoms with E-state index in [1.807, 2.05) is 31.2 Å². The molecule has 138 valence electrons. The van der Waals surface area contributed by atoms with Crippen LogP contribution < -0.4 is 15.4 Å². The number of carbonyl (C=O) groups excluding carboxylic acids is 1. The highest BCUT2D eigenvalue weighted by atomic mass is 32.1. The summed E-state index contributed by atoms with van der Waals surface area (Å²) in [6, 6.07) is 13.0. The average molecular weight is 372 g/mol. The summed E-state index contributed by atoms with van der Waals surface area (Å²) < 4.78 is 10.5. The standard InChI is InChI=1S/C20H24N2O3S/c1-13-8-9-18(10-14(13)2)25-12-15(3)21-20(26)22-17-7-5-6-16(11-17)19(23)24-4/h5-11,15H,12H2,1-4H3,(H2,21,22,26)/t15-/m1/s1. The first kappa shape index (κ1) is 19.7. The summed E-state index contributed by atoms with van der Waals surface area (Å²) in [5, 5.41) is 6.69. The van der Waals surface area contributed by atoms with Gasteiger partial charge in [-0.15, -0.1) is 0 Å². The SMILES string of the molecule is COC(=O)c1cccc(NC(=S)N[C@H](C)COc2ccc(C)c(C)c2)c1. The van der Waals surface area contributed by atoms with Crippen molar-refractivity contribution in [2.75, 3.05) is 19.0 Å². The predicted octanol–water partition coefficient (Wildman–Crippen LogP) is 3.84. The number of anilines is 1. The number of esters is 1. The monoisotopic (exact) mass is 372 g/mol. The van der Waals surface area contributed by atoms with E-state index in [-0.39, 0.29) is 12.0 Å². The van der Waals surface area contributed by atoms with E-state index in [1.165, 1.54) is 18.2 Å². The molecule has 0 aliphatic rings. The summed E-state index contributed by atoms with van der Waals surface area (Å²) in [5.74, 6) is 0.453. The van der Waals surface area contributed by atoms with Crippen LogP contribution in [-0.2, 0) is 4.74 Å². The fraction of sp³-hybridized carbons (Fsp3) is 0.300. The van der Waals surface area contributed by atoms with Gasteiger partial charge < -0.3 is 20.1 Å². The minimum absolute atomic E-state index is 0.0143. The van der Waals surface area contributed by atoms with Crippen LogP contribution in [0.1, 0.15) is 28.4 Å². The molecule has 0 bridgehead atoms. The zero-order valence-electron chi connectivity index (χ0n) is 15.5. The van der Waals surface area contributed by atoms with Gasteiger partial charge in [0.05, 0.1) is 18.7 Å². The molecule has 0 fully saturated rings. The Morgan fingerprint density at radius 1 is 1.15 bits per heavy atom. The van der Waals surface area contributed by atoms with Crippen molar-refractivity contribution >= 4 is 29.0 Å². The molecule has 0 spiro atoms. The number of nitrogens with one attached hydrogen (secondary N) is 2. The smallest absolute Gasteiger partial charge is 0.337 e. The number of methoxy groups -OCH3 is 1. The van der Waals surface area contributed by atoms with Crippen molar-refractivity contribution in [2.24, 2.45) is 0 Å². The van der Waals surface area contributed by atoms with Crippen molar-refractivity contribution in [2.45, 2.75) is 26.8 Å². The highest BCUT2D eigenvalue weighted by Gasteiger charge is 2.09. The molecule has 26 heavy (non-hydrogen) atoms. The summed E-state index contributed by atoms with van der Waals surface area (Å²) in [6.45, 7) is 6.60. The minimum Gasteiger partial charge on any atom is -0.491 e. The number of aryl methyl sites for hydroxylation is 2. The van der Waals surface area contributed by atoms with Crippen LogP contribution in [0.3, 0.4) is 0 Å². The van der Waals surface area contributed by atoms with E-state index in [9.17, 15) is 4.79 Å². The van der Waals surface area contributed by atoms with Crippen LogP contribution in [0.4, 0.5) is 5.69 Å². The van der Waals surface area contributed by atoms with Crippen molar-refractivity contribution in [1.82, 2.24) is 5.32 Å². The first-order valence-corrected chi connectivity index (χ1v) is 8.76. The molecule has 0 amide bonds. The third kappa shape index (κ3) is 5.74. The predicted molar refractivity (Wildman–Crippen MR) is 108 cm³/mol. The van der Waals surface area contributed by atoms with Gasteiger partial charge in [-0.05, 0) is 74.4 Å². The van der Waals surface area contributed by atoms with Crippen LogP contribution in [0, 0.1) is 13.8 Å². The molecule has 0 saturated heterocycles. The average Bonchev–Trinajstić information content (AvgIpc) is 2.62. The zero-order chi connectivity index (χ0) is 19.1. The number of thiocarbonyl (C=S) groups is 1. The van der Waals surface area contributed by atoms with Crippen LogP contribution in [0.25, 0.3) is 0 Å². The van der Waals surface area contributed by atoms with E-state index >= 15 is 0 Å². The van der Waals surface area contributed by atoms with Gasteiger partial charge in [-0.1, -0.05) is 12.1 Å². The summed E-state index contributed by atoms with van der Waals surface area (Å²) >= 11 is 5.32. The van der Waals surface area contributed by atoms with E-state index in [0.717, 1.165) is 5.75 Å². The van der Waals surface area contributed by atoms with Crippen molar-refractivity contribution in [1.29, 1.82) is 0 Å². The lowest BCUT2D eigenvalue weighted by Gasteiger charge is -2.18. The molecule has 2 aromatic rings. The third-order valence-electron chi connectivity index (χ3n) is 3.90. The van der Waals surface area contributed by atoms with Crippen molar-refractivity contribution in [3.05, 3.63) is 59.2 Å². The Bertz CT molecular complexity index is 792. The van der Waals surface area contributed by atoms with E-state index in [0.29, 0.717) is 23.0 Å². The molecule has 0 heterocycles. The van der Waals surface area contributed by atoms with E-state index in [1.54, 1.807) is 18.2 Å². The molecule has 0 aliphatic heterocycles. The Morgan fingerprint density at radius 2 is 1.92 bits per heavy atom. The minimum atomic E-state index is -0.386.